The molecule has 0 bridgehead atoms. The van der Waals surface area contributed by atoms with Crippen molar-refractivity contribution in [3.05, 3.63) is 17.7 Å². The molecule has 1 rings (SSSR count). The third kappa shape index (κ3) is 7.52. The first kappa shape index (κ1) is 22.1. The summed E-state index contributed by atoms with van der Waals surface area (Å²) in [4.78, 5) is 12.3. The van der Waals surface area contributed by atoms with Crippen LogP contribution in [0.4, 0.5) is 0 Å². The third-order valence-electron chi connectivity index (χ3n) is 4.10. The highest BCUT2D eigenvalue weighted by atomic mass is 16.5. The van der Waals surface area contributed by atoms with Gasteiger partial charge in [0.25, 0.3) is 5.91 Å². The van der Waals surface area contributed by atoms with Crippen LogP contribution in [0, 0.1) is 0 Å². The molecule has 0 atom stereocenters. The fraction of sp³-hybridized carbons (Fsp3) is 0.650. The molecule has 1 aromatic carbocycles. The van der Waals surface area contributed by atoms with Crippen molar-refractivity contribution in [3.8, 4) is 17.2 Å². The van der Waals surface area contributed by atoms with Gasteiger partial charge in [-0.2, -0.15) is 0 Å². The minimum Gasteiger partial charge on any atom is -0.493 e. The highest BCUT2D eigenvalue weighted by Gasteiger charge is 2.16. The second-order valence-corrected chi connectivity index (χ2v) is 6.05. The molecule has 0 radical (unpaired) electrons. The lowest BCUT2D eigenvalue weighted by Gasteiger charge is -2.14. The minimum absolute atomic E-state index is 0.201. The lowest BCUT2D eigenvalue weighted by atomic mass is 10.1. The maximum absolute atomic E-state index is 12.3. The smallest absolute Gasteiger partial charge is 0.251 e. The van der Waals surface area contributed by atoms with Crippen molar-refractivity contribution in [3.63, 3.8) is 0 Å². The lowest BCUT2D eigenvalue weighted by molar-refractivity contribution is 0.0911. The highest BCUT2D eigenvalue weighted by molar-refractivity contribution is 5.95. The number of nitrogens with one attached hydrogen (secondary N) is 1. The first-order valence-electron chi connectivity index (χ1n) is 9.33. The van der Waals surface area contributed by atoms with Gasteiger partial charge in [0.15, 0.2) is 11.5 Å². The monoisotopic (exact) mass is 367 g/mol. The number of carbonyl (C=O) groups excluding carboxylic acids is 1. The molecular weight excluding hydrogens is 334 g/mol. The maximum Gasteiger partial charge on any atom is 0.251 e. The highest BCUT2D eigenvalue weighted by Crippen LogP contribution is 2.38. The van der Waals surface area contributed by atoms with Gasteiger partial charge in [-0.25, -0.2) is 0 Å². The Bertz CT molecular complexity index is 508. The maximum atomic E-state index is 12.3. The van der Waals surface area contributed by atoms with Gasteiger partial charge in [-0.3, -0.25) is 4.79 Å². The van der Waals surface area contributed by atoms with Gasteiger partial charge >= 0.3 is 0 Å². The van der Waals surface area contributed by atoms with Crippen molar-refractivity contribution >= 4 is 5.91 Å². The number of hydrogen-bond acceptors (Lipinski definition) is 5. The van der Waals surface area contributed by atoms with E-state index in [1.54, 1.807) is 12.1 Å². The number of rotatable bonds is 14. The number of methoxy groups -OCH3 is 3. The largest absolute Gasteiger partial charge is 0.493 e. The van der Waals surface area contributed by atoms with Crippen LogP contribution in [0.3, 0.4) is 0 Å². The van der Waals surface area contributed by atoms with Gasteiger partial charge in [0.1, 0.15) is 0 Å². The summed E-state index contributed by atoms with van der Waals surface area (Å²) in [5.41, 5.74) is 0.454. The molecule has 0 saturated carbocycles. The van der Waals surface area contributed by atoms with Crippen LogP contribution in [0.25, 0.3) is 0 Å². The molecule has 0 heterocycles. The zero-order chi connectivity index (χ0) is 19.2. The van der Waals surface area contributed by atoms with Crippen molar-refractivity contribution in [2.45, 2.75) is 45.4 Å². The average Bonchev–Trinajstić information content (AvgIpc) is 2.67. The summed E-state index contributed by atoms with van der Waals surface area (Å²) < 4.78 is 21.4. The Labute approximate surface area is 157 Å². The van der Waals surface area contributed by atoms with E-state index in [2.05, 4.69) is 12.2 Å². The van der Waals surface area contributed by atoms with Crippen LogP contribution >= 0.6 is 0 Å². The molecule has 6 heteroatoms. The Hall–Kier alpha value is -1.95. The van der Waals surface area contributed by atoms with Crippen LogP contribution in [-0.2, 0) is 4.74 Å². The molecule has 26 heavy (non-hydrogen) atoms. The second kappa shape index (κ2) is 13.3. The summed E-state index contributed by atoms with van der Waals surface area (Å²) in [5.74, 6) is 1.17. The van der Waals surface area contributed by atoms with Gasteiger partial charge in [0.05, 0.1) is 27.9 Å². The molecule has 0 aliphatic carbocycles. The van der Waals surface area contributed by atoms with Crippen LogP contribution < -0.4 is 19.5 Å². The number of hydrogen-bond donors (Lipinski definition) is 1. The standard InChI is InChI=1S/C20H33NO5/c1-5-6-7-8-9-10-12-26-13-11-21-20(22)16-14-17(23-2)19(25-4)18(15-16)24-3/h14-15H,5-13H2,1-4H3,(H,21,22). The number of ether oxygens (including phenoxy) is 4. The molecule has 0 aromatic heterocycles. The van der Waals surface area contributed by atoms with Gasteiger partial charge in [0, 0.05) is 18.7 Å². The van der Waals surface area contributed by atoms with Crippen LogP contribution in [-0.4, -0.2) is 47.0 Å². The number of unbranched alkanes of at least 4 members (excludes halogenated alkanes) is 5. The summed E-state index contributed by atoms with van der Waals surface area (Å²) in [7, 11) is 4.57. The molecule has 1 aromatic rings. The Balaban J connectivity index is 2.33. The molecule has 6 nitrogen and oxygen atoms in total. The second-order valence-electron chi connectivity index (χ2n) is 6.05. The first-order valence-corrected chi connectivity index (χ1v) is 9.33. The van der Waals surface area contributed by atoms with E-state index in [0.717, 1.165) is 13.0 Å². The quantitative estimate of drug-likeness (QED) is 0.506. The molecule has 0 aliphatic rings. The molecule has 0 saturated heterocycles. The fourth-order valence-corrected chi connectivity index (χ4v) is 2.64. The zero-order valence-corrected chi connectivity index (χ0v) is 16.6. The average molecular weight is 367 g/mol. The van der Waals surface area contributed by atoms with Crippen LogP contribution in [0.1, 0.15) is 55.8 Å². The summed E-state index contributed by atoms with van der Waals surface area (Å²) in [6, 6.07) is 3.27. The van der Waals surface area contributed by atoms with Crippen molar-refractivity contribution < 1.29 is 23.7 Å². The Morgan fingerprint density at radius 1 is 0.885 bits per heavy atom. The van der Waals surface area contributed by atoms with Crippen molar-refractivity contribution in [2.75, 3.05) is 41.1 Å². The summed E-state index contributed by atoms with van der Waals surface area (Å²) in [5, 5.41) is 2.84. The first-order chi connectivity index (χ1) is 12.7. The van der Waals surface area contributed by atoms with E-state index in [1.807, 2.05) is 0 Å². The van der Waals surface area contributed by atoms with Crippen LogP contribution in [0.5, 0.6) is 17.2 Å². The molecule has 1 N–H and O–H groups in total. The van der Waals surface area contributed by atoms with Gasteiger partial charge in [-0.1, -0.05) is 39.0 Å². The van der Waals surface area contributed by atoms with Gasteiger partial charge in [-0.15, -0.1) is 0 Å². The fourth-order valence-electron chi connectivity index (χ4n) is 2.64. The number of carbonyl (C=O) groups is 1. The van der Waals surface area contributed by atoms with E-state index in [9.17, 15) is 4.79 Å². The predicted octanol–water partition coefficient (Wildman–Crippen LogP) is 3.82. The summed E-state index contributed by atoms with van der Waals surface area (Å²) in [6.45, 7) is 3.93. The molecule has 0 unspecified atom stereocenters. The molecule has 0 fully saturated rings. The molecular formula is C20H33NO5. The molecule has 148 valence electrons. The molecule has 0 spiro atoms. The van der Waals surface area contributed by atoms with Crippen molar-refractivity contribution in [2.24, 2.45) is 0 Å². The van der Waals surface area contributed by atoms with E-state index in [0.29, 0.717) is 36.0 Å². The summed E-state index contributed by atoms with van der Waals surface area (Å²) >= 11 is 0. The third-order valence-corrected chi connectivity index (χ3v) is 4.10. The van der Waals surface area contributed by atoms with Gasteiger partial charge in [-0.05, 0) is 18.6 Å². The zero-order valence-electron chi connectivity index (χ0n) is 16.6. The number of amides is 1. The SMILES string of the molecule is CCCCCCCCOCCNC(=O)c1cc(OC)c(OC)c(OC)c1. The minimum atomic E-state index is -0.201. The molecule has 1 amide bonds. The van der Waals surface area contributed by atoms with Crippen molar-refractivity contribution in [1.29, 1.82) is 0 Å². The number of benzene rings is 1. The Morgan fingerprint density at radius 3 is 2.08 bits per heavy atom. The Morgan fingerprint density at radius 2 is 1.50 bits per heavy atom. The van der Waals surface area contributed by atoms with Gasteiger partial charge < -0.3 is 24.3 Å². The summed E-state index contributed by atoms with van der Waals surface area (Å²) in [6.07, 6.45) is 7.44. The normalized spacial score (nSPS) is 10.5. The van der Waals surface area contributed by atoms with Crippen molar-refractivity contribution in [1.82, 2.24) is 5.32 Å². The van der Waals surface area contributed by atoms with E-state index in [4.69, 9.17) is 18.9 Å². The Kier molecular flexibility index (Phi) is 11.3. The van der Waals surface area contributed by atoms with E-state index in [1.165, 1.54) is 53.4 Å². The van der Waals surface area contributed by atoms with E-state index >= 15 is 0 Å². The van der Waals surface area contributed by atoms with Crippen LogP contribution in [0.15, 0.2) is 12.1 Å². The van der Waals surface area contributed by atoms with Crippen LogP contribution in [0.2, 0.25) is 0 Å². The topological polar surface area (TPSA) is 66.0 Å². The lowest BCUT2D eigenvalue weighted by Crippen LogP contribution is -2.27. The van der Waals surface area contributed by atoms with E-state index < -0.39 is 0 Å². The van der Waals surface area contributed by atoms with Gasteiger partial charge in [0.2, 0.25) is 5.75 Å². The predicted molar refractivity (Wildman–Crippen MR) is 103 cm³/mol. The molecule has 0 aliphatic heterocycles. The van der Waals surface area contributed by atoms with E-state index in [-0.39, 0.29) is 5.91 Å².